The molecule has 2 N–H and O–H groups in total. The van der Waals surface area contributed by atoms with E-state index in [1.54, 1.807) is 4.68 Å². The summed E-state index contributed by atoms with van der Waals surface area (Å²) in [6.45, 7) is 4.00. The Hall–Kier alpha value is -1.44. The molecule has 0 aliphatic carbocycles. The van der Waals surface area contributed by atoms with Gasteiger partial charge in [-0.25, -0.2) is 0 Å². The van der Waals surface area contributed by atoms with Crippen LogP contribution in [0.2, 0.25) is 0 Å². The predicted molar refractivity (Wildman–Crippen MR) is 53.4 cm³/mol. The van der Waals surface area contributed by atoms with Crippen LogP contribution >= 0.6 is 0 Å². The molecular formula is C10H14N2. The van der Waals surface area contributed by atoms with Crippen molar-refractivity contribution >= 4 is 10.9 Å². The quantitative estimate of drug-likeness (QED) is 0.592. The first-order chi connectivity index (χ1) is 5.88. The van der Waals surface area contributed by atoms with Gasteiger partial charge in [-0.05, 0) is 12.1 Å². The average Bonchev–Trinajstić information content (AvgIpc) is 2.53. The van der Waals surface area contributed by atoms with E-state index in [1.165, 1.54) is 5.39 Å². The second-order valence-corrected chi connectivity index (χ2v) is 2.28. The summed E-state index contributed by atoms with van der Waals surface area (Å²) in [6, 6.07) is 10.0. The highest BCUT2D eigenvalue weighted by atomic mass is 15.3. The second kappa shape index (κ2) is 3.81. The van der Waals surface area contributed by atoms with Gasteiger partial charge in [0, 0.05) is 11.6 Å². The van der Waals surface area contributed by atoms with Crippen molar-refractivity contribution in [1.29, 1.82) is 0 Å². The Kier molecular flexibility index (Phi) is 2.75. The lowest BCUT2D eigenvalue weighted by atomic mass is 10.3. The largest absolute Gasteiger partial charge is 0.339 e. The van der Waals surface area contributed by atoms with Crippen LogP contribution in [0.15, 0.2) is 36.5 Å². The average molecular weight is 162 g/mol. The summed E-state index contributed by atoms with van der Waals surface area (Å²) in [6.07, 6.45) is 1.85. The van der Waals surface area contributed by atoms with Gasteiger partial charge >= 0.3 is 0 Å². The highest BCUT2D eigenvalue weighted by Gasteiger charge is 1.92. The Bertz CT molecular complexity index is 349. The van der Waals surface area contributed by atoms with E-state index in [1.807, 2.05) is 50.4 Å². The van der Waals surface area contributed by atoms with Gasteiger partial charge in [0.15, 0.2) is 0 Å². The summed E-state index contributed by atoms with van der Waals surface area (Å²) >= 11 is 0. The summed E-state index contributed by atoms with van der Waals surface area (Å²) in [5, 5.41) is 1.19. The number of para-hydroxylation sites is 1. The molecule has 1 heterocycles. The third-order valence-electron chi connectivity index (χ3n) is 1.63. The van der Waals surface area contributed by atoms with E-state index in [0.29, 0.717) is 0 Å². The van der Waals surface area contributed by atoms with Crippen LogP contribution in [0.4, 0.5) is 0 Å². The maximum absolute atomic E-state index is 5.59. The number of rotatable bonds is 0. The first-order valence-electron chi connectivity index (χ1n) is 4.19. The van der Waals surface area contributed by atoms with Gasteiger partial charge in [0.1, 0.15) is 0 Å². The Labute approximate surface area is 72.6 Å². The number of aromatic nitrogens is 1. The molecule has 64 valence electrons. The summed E-state index contributed by atoms with van der Waals surface area (Å²) in [4.78, 5) is 0. The van der Waals surface area contributed by atoms with E-state index >= 15 is 0 Å². The van der Waals surface area contributed by atoms with Crippen molar-refractivity contribution < 1.29 is 0 Å². The molecule has 0 aliphatic heterocycles. The van der Waals surface area contributed by atoms with Gasteiger partial charge in [-0.15, -0.1) is 0 Å². The minimum Gasteiger partial charge on any atom is -0.339 e. The number of benzene rings is 1. The van der Waals surface area contributed by atoms with Crippen molar-refractivity contribution in [3.05, 3.63) is 36.5 Å². The van der Waals surface area contributed by atoms with E-state index in [-0.39, 0.29) is 0 Å². The van der Waals surface area contributed by atoms with Crippen LogP contribution in [0.5, 0.6) is 0 Å². The monoisotopic (exact) mass is 162 g/mol. The van der Waals surface area contributed by atoms with Gasteiger partial charge in [-0.2, -0.15) is 0 Å². The minimum atomic E-state index is 1.07. The maximum Gasteiger partial charge on any atom is 0.0690 e. The molecule has 12 heavy (non-hydrogen) atoms. The molecule has 0 bridgehead atoms. The number of hydrogen-bond acceptors (Lipinski definition) is 1. The highest BCUT2D eigenvalue weighted by molar-refractivity contribution is 5.79. The zero-order valence-electron chi connectivity index (χ0n) is 7.49. The Morgan fingerprint density at radius 2 is 1.75 bits per heavy atom. The predicted octanol–water partition coefficient (Wildman–Crippen LogP) is 2.38. The van der Waals surface area contributed by atoms with Crippen LogP contribution in [-0.2, 0) is 0 Å². The Balaban J connectivity index is 0.000000336. The van der Waals surface area contributed by atoms with Crippen LogP contribution in [0, 0.1) is 0 Å². The third-order valence-corrected chi connectivity index (χ3v) is 1.63. The molecule has 0 unspecified atom stereocenters. The number of fused-ring (bicyclic) bond motifs is 1. The van der Waals surface area contributed by atoms with Crippen molar-refractivity contribution in [2.45, 2.75) is 13.8 Å². The molecule has 2 nitrogen and oxygen atoms in total. The van der Waals surface area contributed by atoms with Crippen molar-refractivity contribution in [2.75, 3.05) is 5.84 Å². The molecule has 2 rings (SSSR count). The maximum atomic E-state index is 5.59. The summed E-state index contributed by atoms with van der Waals surface area (Å²) in [5.41, 5.74) is 1.07. The SMILES string of the molecule is CC.Nn1ccc2ccccc21. The zero-order valence-corrected chi connectivity index (χ0v) is 7.49. The lowest BCUT2D eigenvalue weighted by Crippen LogP contribution is -2.04. The fraction of sp³-hybridized carbons (Fsp3) is 0.200. The first kappa shape index (κ1) is 8.65. The standard InChI is InChI=1S/C8H8N2.C2H6/c9-10-6-5-7-3-1-2-4-8(7)10;1-2/h1-6H,9H2;1-2H3. The lowest BCUT2D eigenvalue weighted by Gasteiger charge is -1.92. The molecule has 0 spiro atoms. The van der Waals surface area contributed by atoms with Gasteiger partial charge in [0.05, 0.1) is 5.52 Å². The molecule has 2 aromatic rings. The molecule has 0 amide bonds. The Morgan fingerprint density at radius 3 is 2.42 bits per heavy atom. The molecule has 0 radical (unpaired) electrons. The topological polar surface area (TPSA) is 30.9 Å². The lowest BCUT2D eigenvalue weighted by molar-refractivity contribution is 1.07. The van der Waals surface area contributed by atoms with Crippen LogP contribution in [0.3, 0.4) is 0 Å². The van der Waals surface area contributed by atoms with Crippen LogP contribution in [-0.4, -0.2) is 4.68 Å². The minimum absolute atomic E-state index is 1.07. The summed E-state index contributed by atoms with van der Waals surface area (Å²) in [7, 11) is 0. The first-order valence-corrected chi connectivity index (χ1v) is 4.19. The number of nitrogen functional groups attached to an aromatic ring is 1. The van der Waals surface area contributed by atoms with Crippen molar-refractivity contribution in [2.24, 2.45) is 0 Å². The van der Waals surface area contributed by atoms with Gasteiger partial charge in [0.25, 0.3) is 0 Å². The fourth-order valence-corrected chi connectivity index (χ4v) is 1.10. The highest BCUT2D eigenvalue weighted by Crippen LogP contribution is 2.11. The van der Waals surface area contributed by atoms with Crippen LogP contribution in [0.25, 0.3) is 10.9 Å². The number of nitrogens with zero attached hydrogens (tertiary/aromatic N) is 1. The normalized spacial score (nSPS) is 9.17. The van der Waals surface area contributed by atoms with Gasteiger partial charge in [-0.1, -0.05) is 32.0 Å². The van der Waals surface area contributed by atoms with Crippen molar-refractivity contribution in [1.82, 2.24) is 4.68 Å². The third kappa shape index (κ3) is 1.42. The van der Waals surface area contributed by atoms with E-state index in [9.17, 15) is 0 Å². The van der Waals surface area contributed by atoms with E-state index < -0.39 is 0 Å². The summed E-state index contributed by atoms with van der Waals surface area (Å²) in [5.74, 6) is 5.59. The second-order valence-electron chi connectivity index (χ2n) is 2.28. The van der Waals surface area contributed by atoms with Gasteiger partial charge < -0.3 is 5.84 Å². The molecule has 0 fully saturated rings. The molecule has 2 heteroatoms. The summed E-state index contributed by atoms with van der Waals surface area (Å²) < 4.78 is 1.62. The van der Waals surface area contributed by atoms with Crippen molar-refractivity contribution in [3.63, 3.8) is 0 Å². The van der Waals surface area contributed by atoms with E-state index in [0.717, 1.165) is 5.52 Å². The molecule has 0 aliphatic rings. The van der Waals surface area contributed by atoms with Crippen molar-refractivity contribution in [3.8, 4) is 0 Å². The molecule has 1 aromatic heterocycles. The number of nitrogens with two attached hydrogens (primary N) is 1. The van der Waals surface area contributed by atoms with E-state index in [2.05, 4.69) is 0 Å². The molecule has 0 saturated carbocycles. The molecule has 0 saturated heterocycles. The zero-order chi connectivity index (χ0) is 8.97. The van der Waals surface area contributed by atoms with Crippen LogP contribution in [0.1, 0.15) is 13.8 Å². The smallest absolute Gasteiger partial charge is 0.0690 e. The Morgan fingerprint density at radius 1 is 1.08 bits per heavy atom. The van der Waals surface area contributed by atoms with Gasteiger partial charge in [0.2, 0.25) is 0 Å². The molecule has 0 atom stereocenters. The molecule has 1 aromatic carbocycles. The van der Waals surface area contributed by atoms with Gasteiger partial charge in [-0.3, -0.25) is 4.68 Å². The van der Waals surface area contributed by atoms with E-state index in [4.69, 9.17) is 5.84 Å². The fourth-order valence-electron chi connectivity index (χ4n) is 1.10. The van der Waals surface area contributed by atoms with Crippen LogP contribution < -0.4 is 5.84 Å². The number of hydrogen-bond donors (Lipinski definition) is 1. The molecular weight excluding hydrogens is 148 g/mol.